The van der Waals surface area contributed by atoms with Gasteiger partial charge in [-0.3, -0.25) is 14.4 Å². The zero-order chi connectivity index (χ0) is 16.0. The summed E-state index contributed by atoms with van der Waals surface area (Å²) in [6.45, 7) is 6.12. The van der Waals surface area contributed by atoms with Gasteiger partial charge in [-0.25, -0.2) is 0 Å². The first kappa shape index (κ1) is 17.5. The Bertz CT molecular complexity index is 397. The molecule has 0 aromatic carbocycles. The summed E-state index contributed by atoms with van der Waals surface area (Å²) in [7, 11) is 0. The summed E-state index contributed by atoms with van der Waals surface area (Å²) in [5, 5.41) is 14.7. The summed E-state index contributed by atoms with van der Waals surface area (Å²) in [4.78, 5) is 34.8. The summed E-state index contributed by atoms with van der Waals surface area (Å²) in [5.74, 6) is -2.09. The number of rotatable bonds is 7. The van der Waals surface area contributed by atoms with Gasteiger partial charge >= 0.3 is 5.97 Å². The van der Waals surface area contributed by atoms with Crippen LogP contribution in [0.15, 0.2) is 0 Å². The molecule has 1 aliphatic rings. The molecule has 0 saturated heterocycles. The first-order chi connectivity index (χ1) is 9.85. The lowest BCUT2D eigenvalue weighted by Crippen LogP contribution is -2.38. The molecule has 0 heterocycles. The van der Waals surface area contributed by atoms with Crippen LogP contribution in [0, 0.1) is 17.8 Å². The molecule has 6 nitrogen and oxygen atoms in total. The fourth-order valence-corrected chi connectivity index (χ4v) is 2.73. The molecule has 0 bridgehead atoms. The van der Waals surface area contributed by atoms with Crippen LogP contribution in [0.5, 0.6) is 0 Å². The van der Waals surface area contributed by atoms with Gasteiger partial charge in [0.15, 0.2) is 0 Å². The molecule has 1 fully saturated rings. The smallest absolute Gasteiger partial charge is 0.307 e. The Kier molecular flexibility index (Phi) is 6.65. The quantitative estimate of drug-likeness (QED) is 0.657. The highest BCUT2D eigenvalue weighted by Gasteiger charge is 2.40. The number of amides is 2. The molecule has 1 saturated carbocycles. The van der Waals surface area contributed by atoms with Crippen molar-refractivity contribution in [1.29, 1.82) is 0 Å². The normalized spacial score (nSPS) is 26.1. The molecule has 120 valence electrons. The molecule has 4 atom stereocenters. The number of carbonyl (C=O) groups is 3. The standard InChI is InChI=1S/C15H26N2O4/c1-4-10(3)17-13(18)5-6-16-14(19)11-7-9(2)8-12(11)15(20)21/h9-12H,4-8H2,1-3H3,(H,16,19)(H,17,18)(H,20,21)/t9?,10?,11-,12+/m0/s1. The van der Waals surface area contributed by atoms with Gasteiger partial charge in [0.2, 0.25) is 11.8 Å². The number of aliphatic carboxylic acids is 1. The van der Waals surface area contributed by atoms with E-state index in [0.717, 1.165) is 6.42 Å². The van der Waals surface area contributed by atoms with Crippen LogP contribution in [0.1, 0.15) is 46.5 Å². The molecule has 0 aliphatic heterocycles. The molecule has 1 rings (SSSR count). The van der Waals surface area contributed by atoms with E-state index in [9.17, 15) is 14.4 Å². The lowest BCUT2D eigenvalue weighted by molar-refractivity contribution is -0.146. The number of nitrogens with one attached hydrogen (secondary N) is 2. The first-order valence-electron chi connectivity index (χ1n) is 7.65. The van der Waals surface area contributed by atoms with Crippen LogP contribution >= 0.6 is 0 Å². The fourth-order valence-electron chi connectivity index (χ4n) is 2.73. The van der Waals surface area contributed by atoms with Crippen molar-refractivity contribution < 1.29 is 19.5 Å². The van der Waals surface area contributed by atoms with Crippen LogP contribution in [-0.2, 0) is 14.4 Å². The number of hydrogen-bond donors (Lipinski definition) is 3. The number of hydrogen-bond acceptors (Lipinski definition) is 3. The molecule has 21 heavy (non-hydrogen) atoms. The monoisotopic (exact) mass is 298 g/mol. The molecule has 0 spiro atoms. The molecule has 2 amide bonds. The molecule has 0 aromatic heterocycles. The minimum atomic E-state index is -0.908. The van der Waals surface area contributed by atoms with E-state index >= 15 is 0 Å². The van der Waals surface area contributed by atoms with Gasteiger partial charge in [0.25, 0.3) is 0 Å². The van der Waals surface area contributed by atoms with Crippen molar-refractivity contribution in [3.05, 3.63) is 0 Å². The van der Waals surface area contributed by atoms with Crippen molar-refractivity contribution in [2.75, 3.05) is 6.54 Å². The topological polar surface area (TPSA) is 95.5 Å². The minimum absolute atomic E-state index is 0.0979. The maximum Gasteiger partial charge on any atom is 0.307 e. The van der Waals surface area contributed by atoms with Crippen molar-refractivity contribution in [3.8, 4) is 0 Å². The Morgan fingerprint density at radius 2 is 1.86 bits per heavy atom. The average Bonchev–Trinajstić information content (AvgIpc) is 2.80. The van der Waals surface area contributed by atoms with Crippen LogP contribution < -0.4 is 10.6 Å². The summed E-state index contributed by atoms with van der Waals surface area (Å²) in [6, 6.07) is 0.125. The van der Waals surface area contributed by atoms with E-state index in [1.807, 2.05) is 20.8 Å². The van der Waals surface area contributed by atoms with Gasteiger partial charge in [-0.15, -0.1) is 0 Å². The van der Waals surface area contributed by atoms with Crippen molar-refractivity contribution in [2.24, 2.45) is 17.8 Å². The molecule has 0 aromatic rings. The van der Waals surface area contributed by atoms with Crippen molar-refractivity contribution in [2.45, 2.75) is 52.5 Å². The van der Waals surface area contributed by atoms with E-state index in [1.54, 1.807) is 0 Å². The molecular weight excluding hydrogens is 272 g/mol. The Labute approximate surface area is 125 Å². The van der Waals surface area contributed by atoms with E-state index < -0.39 is 17.8 Å². The third-order valence-corrected chi connectivity index (χ3v) is 4.12. The van der Waals surface area contributed by atoms with Crippen LogP contribution in [0.2, 0.25) is 0 Å². The Hall–Kier alpha value is -1.59. The number of carboxylic acid groups (broad SMARTS) is 1. The largest absolute Gasteiger partial charge is 0.481 e. The Morgan fingerprint density at radius 3 is 2.43 bits per heavy atom. The van der Waals surface area contributed by atoms with Gasteiger partial charge in [0, 0.05) is 19.0 Å². The van der Waals surface area contributed by atoms with Crippen molar-refractivity contribution in [3.63, 3.8) is 0 Å². The van der Waals surface area contributed by atoms with Crippen LogP contribution in [0.4, 0.5) is 0 Å². The number of carbonyl (C=O) groups excluding carboxylic acids is 2. The lowest BCUT2D eigenvalue weighted by atomic mass is 9.95. The van der Waals surface area contributed by atoms with Gasteiger partial charge in [-0.05, 0) is 32.1 Å². The zero-order valence-corrected chi connectivity index (χ0v) is 13.0. The highest BCUT2D eigenvalue weighted by atomic mass is 16.4. The second-order valence-corrected chi connectivity index (χ2v) is 6.05. The lowest BCUT2D eigenvalue weighted by Gasteiger charge is -2.16. The van der Waals surface area contributed by atoms with E-state index in [2.05, 4.69) is 10.6 Å². The molecule has 6 heteroatoms. The van der Waals surface area contributed by atoms with E-state index in [1.165, 1.54) is 0 Å². The minimum Gasteiger partial charge on any atom is -0.481 e. The highest BCUT2D eigenvalue weighted by molar-refractivity contribution is 5.85. The van der Waals surface area contributed by atoms with Crippen LogP contribution in [-0.4, -0.2) is 35.5 Å². The fraction of sp³-hybridized carbons (Fsp3) is 0.800. The van der Waals surface area contributed by atoms with Crippen molar-refractivity contribution >= 4 is 17.8 Å². The Morgan fingerprint density at radius 1 is 1.24 bits per heavy atom. The summed E-state index contributed by atoms with van der Waals surface area (Å²) >= 11 is 0. The second kappa shape index (κ2) is 8.00. The summed E-state index contributed by atoms with van der Waals surface area (Å²) in [5.41, 5.74) is 0. The molecule has 0 radical (unpaired) electrons. The maximum absolute atomic E-state index is 12.1. The van der Waals surface area contributed by atoms with E-state index in [0.29, 0.717) is 12.8 Å². The SMILES string of the molecule is CCC(C)NC(=O)CCNC(=O)[C@H]1CC(C)C[C@H]1C(=O)O. The summed E-state index contributed by atoms with van der Waals surface area (Å²) in [6.07, 6.45) is 2.22. The van der Waals surface area contributed by atoms with E-state index in [4.69, 9.17) is 5.11 Å². The predicted molar refractivity (Wildman–Crippen MR) is 78.5 cm³/mol. The van der Waals surface area contributed by atoms with Gasteiger partial charge in [-0.2, -0.15) is 0 Å². The van der Waals surface area contributed by atoms with Gasteiger partial charge in [0.1, 0.15) is 0 Å². The van der Waals surface area contributed by atoms with Gasteiger partial charge < -0.3 is 15.7 Å². The first-order valence-corrected chi connectivity index (χ1v) is 7.65. The van der Waals surface area contributed by atoms with Gasteiger partial charge in [-0.1, -0.05) is 13.8 Å². The molecule has 1 aliphatic carbocycles. The molecule has 2 unspecified atom stereocenters. The van der Waals surface area contributed by atoms with E-state index in [-0.39, 0.29) is 36.7 Å². The molecular formula is C15H26N2O4. The third-order valence-electron chi connectivity index (χ3n) is 4.12. The average molecular weight is 298 g/mol. The Balaban J connectivity index is 2.36. The third kappa shape index (κ3) is 5.36. The number of carboxylic acids is 1. The highest BCUT2D eigenvalue weighted by Crippen LogP contribution is 2.36. The zero-order valence-electron chi connectivity index (χ0n) is 13.0. The van der Waals surface area contributed by atoms with Crippen LogP contribution in [0.25, 0.3) is 0 Å². The predicted octanol–water partition coefficient (Wildman–Crippen LogP) is 1.15. The van der Waals surface area contributed by atoms with Gasteiger partial charge in [0.05, 0.1) is 11.8 Å². The van der Waals surface area contributed by atoms with Crippen molar-refractivity contribution in [1.82, 2.24) is 10.6 Å². The second-order valence-electron chi connectivity index (χ2n) is 6.05. The maximum atomic E-state index is 12.1. The summed E-state index contributed by atoms with van der Waals surface area (Å²) < 4.78 is 0. The van der Waals surface area contributed by atoms with Crippen LogP contribution in [0.3, 0.4) is 0 Å². The molecule has 3 N–H and O–H groups in total.